The van der Waals surface area contributed by atoms with E-state index in [4.69, 9.17) is 9.84 Å². The maximum atomic E-state index is 13.0. The van der Waals surface area contributed by atoms with Gasteiger partial charge in [-0.2, -0.15) is 5.10 Å². The highest BCUT2D eigenvalue weighted by atomic mass is 32.2. The third-order valence-corrected chi connectivity index (χ3v) is 7.12. The van der Waals surface area contributed by atoms with E-state index in [1.807, 2.05) is 76.6 Å². The van der Waals surface area contributed by atoms with E-state index in [-0.39, 0.29) is 11.3 Å². The van der Waals surface area contributed by atoms with Crippen molar-refractivity contribution >= 4 is 22.7 Å². The van der Waals surface area contributed by atoms with E-state index < -0.39 is 5.85 Å². The van der Waals surface area contributed by atoms with Gasteiger partial charge >= 0.3 is 0 Å². The molecule has 0 aliphatic carbocycles. The quantitative estimate of drug-likeness (QED) is 0.573. The van der Waals surface area contributed by atoms with E-state index in [1.54, 1.807) is 0 Å². The highest BCUT2D eigenvalue weighted by molar-refractivity contribution is 8.13. The number of carbonyl (C=O) groups is 1. The molecule has 0 unspecified atom stereocenters. The predicted molar refractivity (Wildman–Crippen MR) is 122 cm³/mol. The fourth-order valence-electron chi connectivity index (χ4n) is 4.63. The van der Waals surface area contributed by atoms with Crippen LogP contribution in [0.1, 0.15) is 29.2 Å². The summed E-state index contributed by atoms with van der Waals surface area (Å²) in [6, 6.07) is 28.5. The molecule has 3 heterocycles. The van der Waals surface area contributed by atoms with Crippen molar-refractivity contribution in [2.45, 2.75) is 24.9 Å². The minimum Gasteiger partial charge on any atom is -0.447 e. The van der Waals surface area contributed by atoms with Gasteiger partial charge in [-0.25, -0.2) is 5.01 Å². The number of amides is 1. The van der Waals surface area contributed by atoms with Crippen molar-refractivity contribution in [3.63, 3.8) is 0 Å². The molecule has 31 heavy (non-hydrogen) atoms. The Bertz CT molecular complexity index is 1170. The number of para-hydroxylation sites is 1. The number of nitrogens with zero attached hydrogens (tertiary/aromatic N) is 3. The largest absolute Gasteiger partial charge is 0.447 e. The minimum atomic E-state index is -0.937. The summed E-state index contributed by atoms with van der Waals surface area (Å²) < 4.78 is 6.64. The lowest BCUT2D eigenvalue weighted by molar-refractivity contribution is -0.180. The SMILES string of the molecule is O=C1SC[C@]2(Oc3ccccc3[C@@H]3CC(c4ccccc4)=NN32)N1Cc1ccccc1. The molecule has 3 aliphatic rings. The van der Waals surface area contributed by atoms with Crippen molar-refractivity contribution in [1.82, 2.24) is 9.91 Å². The molecule has 1 spiro atoms. The van der Waals surface area contributed by atoms with Gasteiger partial charge in [-0.1, -0.05) is 90.6 Å². The Morgan fingerprint density at radius 3 is 2.48 bits per heavy atom. The summed E-state index contributed by atoms with van der Waals surface area (Å²) in [5, 5.41) is 7.12. The average molecular weight is 428 g/mol. The summed E-state index contributed by atoms with van der Waals surface area (Å²) in [4.78, 5) is 14.9. The Balaban J connectivity index is 1.47. The van der Waals surface area contributed by atoms with Crippen LogP contribution in [0.3, 0.4) is 0 Å². The lowest BCUT2D eigenvalue weighted by atomic mass is 9.96. The molecule has 3 aromatic carbocycles. The average Bonchev–Trinajstić information content (AvgIpc) is 3.40. The second-order valence-electron chi connectivity index (χ2n) is 7.99. The zero-order chi connectivity index (χ0) is 20.8. The van der Waals surface area contributed by atoms with Crippen LogP contribution in [0.15, 0.2) is 90.0 Å². The number of hydrazone groups is 1. The van der Waals surface area contributed by atoms with E-state index in [9.17, 15) is 4.79 Å². The summed E-state index contributed by atoms with van der Waals surface area (Å²) in [6.07, 6.45) is 0.782. The number of carbonyl (C=O) groups excluding carboxylic acids is 1. The third kappa shape index (κ3) is 2.93. The zero-order valence-corrected chi connectivity index (χ0v) is 17.7. The lowest BCUT2D eigenvalue weighted by Crippen LogP contribution is -2.63. The van der Waals surface area contributed by atoms with Gasteiger partial charge in [0.05, 0.1) is 24.1 Å². The first-order valence-corrected chi connectivity index (χ1v) is 11.4. The smallest absolute Gasteiger partial charge is 0.292 e. The van der Waals surface area contributed by atoms with Gasteiger partial charge < -0.3 is 4.74 Å². The van der Waals surface area contributed by atoms with Crippen LogP contribution in [-0.2, 0) is 6.54 Å². The number of benzene rings is 3. The van der Waals surface area contributed by atoms with Gasteiger partial charge in [0.25, 0.3) is 11.1 Å². The monoisotopic (exact) mass is 427 g/mol. The van der Waals surface area contributed by atoms with Crippen LogP contribution in [-0.4, -0.2) is 32.5 Å². The van der Waals surface area contributed by atoms with Crippen LogP contribution in [0.4, 0.5) is 4.79 Å². The fourth-order valence-corrected chi connectivity index (χ4v) is 5.66. The molecule has 0 bridgehead atoms. The molecule has 6 rings (SSSR count). The standard InChI is InChI=1S/C25H21N3O2S/c29-24-27(16-18-9-3-1-4-10-18)25(17-31-24)28-22(20-13-7-8-14-23(20)30-25)15-21(26-28)19-11-5-2-6-12-19/h1-14,22H,15-17H2/t22-,25-/m0/s1. The maximum absolute atomic E-state index is 13.0. The van der Waals surface area contributed by atoms with Crippen LogP contribution in [0.2, 0.25) is 0 Å². The molecule has 154 valence electrons. The summed E-state index contributed by atoms with van der Waals surface area (Å²) >= 11 is 1.30. The van der Waals surface area contributed by atoms with Crippen molar-refractivity contribution in [2.75, 3.05) is 5.75 Å². The van der Waals surface area contributed by atoms with E-state index in [2.05, 4.69) is 18.2 Å². The van der Waals surface area contributed by atoms with Crippen LogP contribution in [0, 0.1) is 0 Å². The number of rotatable bonds is 3. The second kappa shape index (κ2) is 7.17. The van der Waals surface area contributed by atoms with Gasteiger partial charge in [0.15, 0.2) is 0 Å². The first kappa shape index (κ1) is 18.5. The van der Waals surface area contributed by atoms with E-state index in [1.165, 1.54) is 11.8 Å². The molecule has 5 nitrogen and oxygen atoms in total. The topological polar surface area (TPSA) is 45.1 Å². The summed E-state index contributed by atoms with van der Waals surface area (Å²) in [5.41, 5.74) is 4.32. The normalized spacial score (nSPS) is 24.1. The number of hydrogen-bond donors (Lipinski definition) is 0. The number of ether oxygens (including phenoxy) is 1. The molecular weight excluding hydrogens is 406 g/mol. The van der Waals surface area contributed by atoms with Gasteiger partial charge in [-0.3, -0.25) is 9.69 Å². The van der Waals surface area contributed by atoms with Gasteiger partial charge in [0.1, 0.15) is 5.75 Å². The first-order valence-electron chi connectivity index (χ1n) is 10.4. The fraction of sp³-hybridized carbons (Fsp3) is 0.200. The van der Waals surface area contributed by atoms with E-state index >= 15 is 0 Å². The Morgan fingerprint density at radius 1 is 0.968 bits per heavy atom. The molecule has 3 aromatic rings. The van der Waals surface area contributed by atoms with E-state index in [0.717, 1.165) is 34.6 Å². The molecule has 0 saturated carbocycles. The molecule has 1 saturated heterocycles. The third-order valence-electron chi connectivity index (χ3n) is 6.14. The minimum absolute atomic E-state index is 0.0188. The van der Waals surface area contributed by atoms with E-state index in [0.29, 0.717) is 12.3 Å². The molecule has 2 atom stereocenters. The van der Waals surface area contributed by atoms with Crippen molar-refractivity contribution in [3.05, 3.63) is 102 Å². The Labute approximate surface area is 185 Å². The van der Waals surface area contributed by atoms with Crippen LogP contribution < -0.4 is 4.74 Å². The molecule has 6 heteroatoms. The highest BCUT2D eigenvalue weighted by Gasteiger charge is 2.59. The van der Waals surface area contributed by atoms with Crippen LogP contribution in [0.25, 0.3) is 0 Å². The molecule has 0 aromatic heterocycles. The summed E-state index contributed by atoms with van der Waals surface area (Å²) in [5.74, 6) is 0.406. The zero-order valence-electron chi connectivity index (χ0n) is 16.8. The van der Waals surface area contributed by atoms with Gasteiger partial charge in [-0.05, 0) is 17.2 Å². The number of hydrogen-bond acceptors (Lipinski definition) is 5. The molecule has 1 fully saturated rings. The number of fused-ring (bicyclic) bond motifs is 4. The molecule has 0 radical (unpaired) electrons. The van der Waals surface area contributed by atoms with Gasteiger partial charge in [0.2, 0.25) is 0 Å². The van der Waals surface area contributed by atoms with Crippen molar-refractivity contribution in [2.24, 2.45) is 5.10 Å². The number of thioether (sulfide) groups is 1. The van der Waals surface area contributed by atoms with Gasteiger partial charge in [-0.15, -0.1) is 0 Å². The lowest BCUT2D eigenvalue weighted by Gasteiger charge is -2.48. The maximum Gasteiger partial charge on any atom is 0.292 e. The molecule has 0 N–H and O–H groups in total. The predicted octanol–water partition coefficient (Wildman–Crippen LogP) is 5.25. The van der Waals surface area contributed by atoms with Crippen LogP contribution >= 0.6 is 11.8 Å². The Morgan fingerprint density at radius 2 is 1.68 bits per heavy atom. The van der Waals surface area contributed by atoms with Crippen molar-refractivity contribution < 1.29 is 9.53 Å². The highest BCUT2D eigenvalue weighted by Crippen LogP contribution is 2.51. The molecular formula is C25H21N3O2S. The Hall–Kier alpha value is -3.25. The molecule has 3 aliphatic heterocycles. The van der Waals surface area contributed by atoms with Crippen molar-refractivity contribution in [3.8, 4) is 5.75 Å². The van der Waals surface area contributed by atoms with Crippen molar-refractivity contribution in [1.29, 1.82) is 0 Å². The summed E-state index contributed by atoms with van der Waals surface area (Å²) in [7, 11) is 0. The molecule has 1 amide bonds. The summed E-state index contributed by atoms with van der Waals surface area (Å²) in [6.45, 7) is 0.480. The Kier molecular flexibility index (Phi) is 4.28. The van der Waals surface area contributed by atoms with Gasteiger partial charge in [0, 0.05) is 12.0 Å². The first-order chi connectivity index (χ1) is 15.2. The van der Waals surface area contributed by atoms with Crippen LogP contribution in [0.5, 0.6) is 5.75 Å². The second-order valence-corrected chi connectivity index (χ2v) is 8.91.